The zero-order valence-corrected chi connectivity index (χ0v) is 11.4. The number of carbonyl (C=O) groups excluding carboxylic acids is 2. The van der Waals surface area contributed by atoms with Crippen LogP contribution in [0.25, 0.3) is 0 Å². The molecule has 0 unspecified atom stereocenters. The van der Waals surface area contributed by atoms with Crippen molar-refractivity contribution in [2.75, 3.05) is 19.8 Å². The summed E-state index contributed by atoms with van der Waals surface area (Å²) in [4.78, 5) is 37.4. The van der Waals surface area contributed by atoms with Gasteiger partial charge >= 0.3 is 5.97 Å². The summed E-state index contributed by atoms with van der Waals surface area (Å²) >= 11 is 0. The Hall–Kier alpha value is -1.94. The van der Waals surface area contributed by atoms with Gasteiger partial charge in [0.1, 0.15) is 18.8 Å². The number of rotatable bonds is 6. The van der Waals surface area contributed by atoms with E-state index in [0.29, 0.717) is 0 Å². The highest BCUT2D eigenvalue weighted by atomic mass is 17.0. The Balaban J connectivity index is 1.80. The minimum Gasteiger partial charge on any atom is -0.456 e. The third-order valence-electron chi connectivity index (χ3n) is 3.22. The number of amides is 1. The van der Waals surface area contributed by atoms with Crippen molar-refractivity contribution in [3.8, 4) is 0 Å². The lowest BCUT2D eigenvalue weighted by Crippen LogP contribution is -2.38. The molecule has 2 heterocycles. The minimum atomic E-state index is -0.903. The first-order valence-corrected chi connectivity index (χ1v) is 6.51. The monoisotopic (exact) mass is 304 g/mol. The van der Waals surface area contributed by atoms with Crippen LogP contribution < -0.4 is 5.32 Å². The highest BCUT2D eigenvalue weighted by Gasteiger charge is 2.51. The highest BCUT2D eigenvalue weighted by molar-refractivity contribution is 5.81. The van der Waals surface area contributed by atoms with Crippen molar-refractivity contribution >= 4 is 11.9 Å². The van der Waals surface area contributed by atoms with Gasteiger partial charge < -0.3 is 24.4 Å². The van der Waals surface area contributed by atoms with Crippen LogP contribution in [0.15, 0.2) is 0 Å². The summed E-state index contributed by atoms with van der Waals surface area (Å²) in [6.45, 7) is 1.49. The molecule has 0 aliphatic carbocycles. The topological polar surface area (TPSA) is 126 Å². The van der Waals surface area contributed by atoms with Crippen LogP contribution in [0.3, 0.4) is 0 Å². The van der Waals surface area contributed by atoms with Crippen LogP contribution >= 0.6 is 0 Å². The van der Waals surface area contributed by atoms with Gasteiger partial charge in [-0.15, -0.1) is 10.1 Å². The van der Waals surface area contributed by atoms with E-state index in [1.165, 1.54) is 0 Å². The molecule has 2 rings (SSSR count). The Kier molecular flexibility index (Phi) is 4.91. The Morgan fingerprint density at radius 1 is 1.29 bits per heavy atom. The van der Waals surface area contributed by atoms with Crippen molar-refractivity contribution in [3.63, 3.8) is 0 Å². The molecule has 0 aromatic carbocycles. The van der Waals surface area contributed by atoms with Gasteiger partial charge in [-0.1, -0.05) is 6.92 Å². The first-order chi connectivity index (χ1) is 10.0. The molecule has 0 aromatic rings. The van der Waals surface area contributed by atoms with Crippen LogP contribution in [-0.4, -0.2) is 61.1 Å². The SMILES string of the molecule is CCC(=O)NCC(=O)O[C@H]1CO[C@H]2[C@@H]1OC[C@H]2O[N+](=O)[O-]. The first kappa shape index (κ1) is 15.4. The number of fused-ring (bicyclic) bond motifs is 1. The van der Waals surface area contributed by atoms with E-state index in [1.54, 1.807) is 6.92 Å². The molecule has 21 heavy (non-hydrogen) atoms. The molecule has 10 nitrogen and oxygen atoms in total. The van der Waals surface area contributed by atoms with Crippen molar-refractivity contribution in [2.45, 2.75) is 37.8 Å². The van der Waals surface area contributed by atoms with E-state index in [9.17, 15) is 19.7 Å². The lowest BCUT2D eigenvalue weighted by Gasteiger charge is -2.16. The average molecular weight is 304 g/mol. The smallest absolute Gasteiger partial charge is 0.325 e. The Morgan fingerprint density at radius 3 is 2.52 bits per heavy atom. The highest BCUT2D eigenvalue weighted by Crippen LogP contribution is 2.30. The molecule has 2 aliphatic heterocycles. The molecule has 0 spiro atoms. The maximum Gasteiger partial charge on any atom is 0.325 e. The molecule has 2 fully saturated rings. The molecule has 118 valence electrons. The summed E-state index contributed by atoms with van der Waals surface area (Å²) in [5.74, 6) is -0.877. The van der Waals surface area contributed by atoms with Gasteiger partial charge in [0.2, 0.25) is 5.91 Å². The van der Waals surface area contributed by atoms with Crippen LogP contribution in [0.4, 0.5) is 0 Å². The summed E-state index contributed by atoms with van der Waals surface area (Å²) in [6, 6.07) is 0. The van der Waals surface area contributed by atoms with Crippen LogP contribution in [0.1, 0.15) is 13.3 Å². The maximum atomic E-state index is 11.6. The van der Waals surface area contributed by atoms with Crippen molar-refractivity contribution < 1.29 is 33.7 Å². The quantitative estimate of drug-likeness (QED) is 0.368. The molecule has 0 bridgehead atoms. The van der Waals surface area contributed by atoms with Gasteiger partial charge in [0.05, 0.1) is 13.2 Å². The third kappa shape index (κ3) is 3.79. The van der Waals surface area contributed by atoms with Crippen LogP contribution in [0.2, 0.25) is 0 Å². The summed E-state index contributed by atoms with van der Waals surface area (Å²) < 4.78 is 15.8. The van der Waals surface area contributed by atoms with Crippen LogP contribution in [0, 0.1) is 10.1 Å². The fourth-order valence-corrected chi connectivity index (χ4v) is 2.24. The van der Waals surface area contributed by atoms with E-state index in [2.05, 4.69) is 10.2 Å². The molecule has 2 saturated heterocycles. The van der Waals surface area contributed by atoms with Gasteiger partial charge in [-0.3, -0.25) is 9.59 Å². The molecule has 0 saturated carbocycles. The van der Waals surface area contributed by atoms with E-state index >= 15 is 0 Å². The zero-order valence-electron chi connectivity index (χ0n) is 11.4. The van der Waals surface area contributed by atoms with Crippen LogP contribution in [0.5, 0.6) is 0 Å². The van der Waals surface area contributed by atoms with E-state index in [4.69, 9.17) is 14.2 Å². The molecule has 0 radical (unpaired) electrons. The number of hydrogen-bond acceptors (Lipinski definition) is 8. The summed E-state index contributed by atoms with van der Waals surface area (Å²) in [7, 11) is 0. The zero-order chi connectivity index (χ0) is 15.4. The van der Waals surface area contributed by atoms with E-state index in [1.807, 2.05) is 0 Å². The second-order valence-corrected chi connectivity index (χ2v) is 4.62. The number of nitrogens with one attached hydrogen (secondary N) is 1. The summed E-state index contributed by atoms with van der Waals surface area (Å²) in [6.07, 6.45) is -2.46. The first-order valence-electron chi connectivity index (χ1n) is 6.51. The van der Waals surface area contributed by atoms with E-state index in [0.717, 1.165) is 0 Å². The fraction of sp³-hybridized carbons (Fsp3) is 0.818. The van der Waals surface area contributed by atoms with E-state index in [-0.39, 0.29) is 32.1 Å². The molecule has 10 heteroatoms. The van der Waals surface area contributed by atoms with Gasteiger partial charge in [-0.25, -0.2) is 0 Å². The molecule has 4 atom stereocenters. The number of ether oxygens (including phenoxy) is 3. The Bertz CT molecular complexity index is 428. The third-order valence-corrected chi connectivity index (χ3v) is 3.22. The molecular weight excluding hydrogens is 288 g/mol. The molecule has 1 N–H and O–H groups in total. The molecule has 0 aromatic heterocycles. The minimum absolute atomic E-state index is 0.00304. The largest absolute Gasteiger partial charge is 0.456 e. The second kappa shape index (κ2) is 6.68. The predicted octanol–water partition coefficient (Wildman–Crippen LogP) is -1.20. The summed E-state index contributed by atoms with van der Waals surface area (Å²) in [5, 5.41) is 11.8. The molecule has 2 aliphatic rings. The average Bonchev–Trinajstić information content (AvgIpc) is 3.00. The van der Waals surface area contributed by atoms with Crippen molar-refractivity contribution in [1.29, 1.82) is 0 Å². The van der Waals surface area contributed by atoms with Crippen LogP contribution in [-0.2, 0) is 28.6 Å². The summed E-state index contributed by atoms with van der Waals surface area (Å²) in [5.41, 5.74) is 0. The van der Waals surface area contributed by atoms with E-state index < -0.39 is 35.5 Å². The van der Waals surface area contributed by atoms with Crippen molar-refractivity contribution in [2.24, 2.45) is 0 Å². The lowest BCUT2D eigenvalue weighted by molar-refractivity contribution is -0.769. The Labute approximate surface area is 119 Å². The Morgan fingerprint density at radius 2 is 1.90 bits per heavy atom. The second-order valence-electron chi connectivity index (χ2n) is 4.62. The number of esters is 1. The van der Waals surface area contributed by atoms with Gasteiger partial charge in [-0.05, 0) is 0 Å². The molecule has 1 amide bonds. The fourth-order valence-electron chi connectivity index (χ4n) is 2.24. The molecular formula is C11H16N2O8. The maximum absolute atomic E-state index is 11.6. The normalized spacial score (nSPS) is 30.5. The number of carbonyl (C=O) groups is 2. The van der Waals surface area contributed by atoms with Gasteiger partial charge in [0, 0.05) is 6.42 Å². The lowest BCUT2D eigenvalue weighted by atomic mass is 10.1. The van der Waals surface area contributed by atoms with Gasteiger partial charge in [0.15, 0.2) is 12.2 Å². The standard InChI is InChI=1S/C11H16N2O8/c1-2-8(14)12-3-9(15)20-6-4-18-11-7(21-13(16)17)5-19-10(6)11/h6-7,10-11H,2-5H2,1H3,(H,12,14)/t6-,7+,10+,11+/m0/s1. The number of hydrogen-bond donors (Lipinski definition) is 1. The van der Waals surface area contributed by atoms with Crippen molar-refractivity contribution in [1.82, 2.24) is 5.32 Å². The van der Waals surface area contributed by atoms with Gasteiger partial charge in [-0.2, -0.15) is 0 Å². The van der Waals surface area contributed by atoms with Crippen molar-refractivity contribution in [3.05, 3.63) is 10.1 Å². The number of nitrogens with zero attached hydrogens (tertiary/aromatic N) is 1. The predicted molar refractivity (Wildman–Crippen MR) is 64.5 cm³/mol. The van der Waals surface area contributed by atoms with Gasteiger partial charge in [0.25, 0.3) is 5.09 Å².